The van der Waals surface area contributed by atoms with Crippen molar-refractivity contribution < 1.29 is 9.53 Å². The molecule has 0 spiro atoms. The van der Waals surface area contributed by atoms with E-state index in [2.05, 4.69) is 15.4 Å². The van der Waals surface area contributed by atoms with Crippen molar-refractivity contribution in [2.75, 3.05) is 6.61 Å². The van der Waals surface area contributed by atoms with Crippen LogP contribution < -0.4 is 5.32 Å². The molecule has 0 aromatic carbocycles. The van der Waals surface area contributed by atoms with E-state index < -0.39 is 0 Å². The number of ether oxygens (including phenoxy) is 1. The van der Waals surface area contributed by atoms with Crippen LogP contribution in [0.5, 0.6) is 0 Å². The molecule has 2 aromatic rings. The maximum Gasteiger partial charge on any atom is 0.224 e. The summed E-state index contributed by atoms with van der Waals surface area (Å²) in [5, 5.41) is 7.35. The lowest BCUT2D eigenvalue weighted by atomic mass is 10.0. The van der Waals surface area contributed by atoms with Crippen LogP contribution in [0.4, 0.5) is 0 Å². The molecule has 3 rings (SSSR count). The van der Waals surface area contributed by atoms with Gasteiger partial charge in [-0.25, -0.2) is 0 Å². The number of hydrogen-bond acceptors (Lipinski definition) is 4. The molecular formula is C16H20N4O2. The molecule has 2 atom stereocenters. The molecule has 1 aliphatic heterocycles. The summed E-state index contributed by atoms with van der Waals surface area (Å²) in [5.74, 6) is -0.00335. The number of pyridine rings is 1. The molecule has 1 aliphatic rings. The molecule has 0 bridgehead atoms. The molecule has 6 heteroatoms. The van der Waals surface area contributed by atoms with Crippen molar-refractivity contribution in [1.82, 2.24) is 20.1 Å². The first kappa shape index (κ1) is 14.7. The van der Waals surface area contributed by atoms with Crippen molar-refractivity contribution in [2.45, 2.75) is 38.5 Å². The Morgan fingerprint density at radius 3 is 3.14 bits per heavy atom. The Morgan fingerprint density at radius 2 is 2.41 bits per heavy atom. The number of aromatic nitrogens is 3. The fourth-order valence-electron chi connectivity index (χ4n) is 2.71. The molecule has 0 radical (unpaired) electrons. The molecule has 2 aromatic heterocycles. The highest BCUT2D eigenvalue weighted by Crippen LogP contribution is 2.28. The van der Waals surface area contributed by atoms with E-state index >= 15 is 0 Å². The van der Waals surface area contributed by atoms with E-state index in [1.807, 2.05) is 36.1 Å². The minimum atomic E-state index is -0.113. The summed E-state index contributed by atoms with van der Waals surface area (Å²) in [6.07, 6.45) is 8.27. The summed E-state index contributed by atoms with van der Waals surface area (Å²) in [4.78, 5) is 16.2. The van der Waals surface area contributed by atoms with Gasteiger partial charge in [-0.2, -0.15) is 5.10 Å². The van der Waals surface area contributed by atoms with Gasteiger partial charge in [0.05, 0.1) is 18.7 Å². The molecule has 1 N–H and O–H groups in total. The molecule has 1 amide bonds. The zero-order valence-corrected chi connectivity index (χ0v) is 12.6. The van der Waals surface area contributed by atoms with Crippen LogP contribution in [0, 0.1) is 0 Å². The standard InChI is InChI=1S/C16H20N4O2/c1-2-20-11-13(10-18-20)16-14(5-7-22-16)19-15(21)8-12-4-3-6-17-9-12/h3-4,6,9-11,14,16H,2,5,7-8H2,1H3,(H,19,21)/t14-,16+/m0/s1. The summed E-state index contributed by atoms with van der Waals surface area (Å²) < 4.78 is 7.65. The third-order valence-electron chi connectivity index (χ3n) is 3.83. The number of rotatable bonds is 5. The van der Waals surface area contributed by atoms with Crippen molar-refractivity contribution in [1.29, 1.82) is 0 Å². The number of nitrogens with one attached hydrogen (secondary N) is 1. The highest BCUT2D eigenvalue weighted by atomic mass is 16.5. The second-order valence-corrected chi connectivity index (χ2v) is 5.42. The predicted octanol–water partition coefficient (Wildman–Crippen LogP) is 1.49. The van der Waals surface area contributed by atoms with Crippen LogP contribution in [0.2, 0.25) is 0 Å². The molecular weight excluding hydrogens is 280 g/mol. The van der Waals surface area contributed by atoms with Crippen LogP contribution in [0.1, 0.15) is 30.6 Å². The van der Waals surface area contributed by atoms with Crippen LogP contribution in [-0.2, 0) is 22.5 Å². The highest BCUT2D eigenvalue weighted by Gasteiger charge is 2.31. The van der Waals surface area contributed by atoms with Gasteiger partial charge in [-0.1, -0.05) is 6.07 Å². The van der Waals surface area contributed by atoms with Gasteiger partial charge >= 0.3 is 0 Å². The van der Waals surface area contributed by atoms with Gasteiger partial charge in [0.1, 0.15) is 6.10 Å². The van der Waals surface area contributed by atoms with Gasteiger partial charge in [0, 0.05) is 37.3 Å². The van der Waals surface area contributed by atoms with Gasteiger partial charge in [-0.05, 0) is 25.0 Å². The lowest BCUT2D eigenvalue weighted by Gasteiger charge is -2.18. The first-order chi connectivity index (χ1) is 10.8. The van der Waals surface area contributed by atoms with Gasteiger partial charge in [-0.3, -0.25) is 14.5 Å². The van der Waals surface area contributed by atoms with E-state index in [-0.39, 0.29) is 18.1 Å². The van der Waals surface area contributed by atoms with Crippen LogP contribution in [0.3, 0.4) is 0 Å². The third-order valence-corrected chi connectivity index (χ3v) is 3.83. The molecule has 1 saturated heterocycles. The fraction of sp³-hybridized carbons (Fsp3) is 0.438. The van der Waals surface area contributed by atoms with Crippen LogP contribution in [0.15, 0.2) is 36.9 Å². The molecule has 3 heterocycles. The first-order valence-corrected chi connectivity index (χ1v) is 7.58. The zero-order valence-electron chi connectivity index (χ0n) is 12.6. The van der Waals surface area contributed by atoms with Gasteiger partial charge in [0.25, 0.3) is 0 Å². The fourth-order valence-corrected chi connectivity index (χ4v) is 2.71. The van der Waals surface area contributed by atoms with Gasteiger partial charge in [0.2, 0.25) is 5.91 Å². The maximum atomic E-state index is 12.2. The van der Waals surface area contributed by atoms with Crippen molar-refractivity contribution in [2.24, 2.45) is 0 Å². The molecule has 1 fully saturated rings. The van der Waals surface area contributed by atoms with E-state index in [0.717, 1.165) is 24.1 Å². The first-order valence-electron chi connectivity index (χ1n) is 7.58. The Bertz CT molecular complexity index is 626. The number of amides is 1. The summed E-state index contributed by atoms with van der Waals surface area (Å²) in [5.41, 5.74) is 1.93. The average molecular weight is 300 g/mol. The summed E-state index contributed by atoms with van der Waals surface area (Å²) >= 11 is 0. The lowest BCUT2D eigenvalue weighted by molar-refractivity contribution is -0.121. The van der Waals surface area contributed by atoms with Crippen LogP contribution >= 0.6 is 0 Å². The molecule has 6 nitrogen and oxygen atoms in total. The topological polar surface area (TPSA) is 69.0 Å². The summed E-state index contributed by atoms with van der Waals surface area (Å²) in [6.45, 7) is 3.52. The smallest absolute Gasteiger partial charge is 0.224 e. The Labute approximate surface area is 129 Å². The summed E-state index contributed by atoms with van der Waals surface area (Å²) in [7, 11) is 0. The highest BCUT2D eigenvalue weighted by molar-refractivity contribution is 5.78. The Hall–Kier alpha value is -2.21. The Kier molecular flexibility index (Phi) is 4.48. The van der Waals surface area contributed by atoms with Crippen molar-refractivity contribution in [3.05, 3.63) is 48.0 Å². The molecule has 22 heavy (non-hydrogen) atoms. The van der Waals surface area contributed by atoms with Crippen molar-refractivity contribution >= 4 is 5.91 Å². The van der Waals surface area contributed by atoms with Crippen molar-refractivity contribution in [3.8, 4) is 0 Å². The second kappa shape index (κ2) is 6.70. The quantitative estimate of drug-likeness (QED) is 0.908. The summed E-state index contributed by atoms with van der Waals surface area (Å²) in [6, 6.07) is 3.74. The second-order valence-electron chi connectivity index (χ2n) is 5.42. The molecule has 0 unspecified atom stereocenters. The predicted molar refractivity (Wildman–Crippen MR) is 81.1 cm³/mol. The molecule has 0 saturated carbocycles. The maximum absolute atomic E-state index is 12.2. The largest absolute Gasteiger partial charge is 0.371 e. The Balaban J connectivity index is 1.62. The van der Waals surface area contributed by atoms with Gasteiger partial charge in [-0.15, -0.1) is 0 Å². The van der Waals surface area contributed by atoms with E-state index in [4.69, 9.17) is 4.74 Å². The third kappa shape index (κ3) is 3.33. The average Bonchev–Trinajstić information content (AvgIpc) is 3.16. The minimum Gasteiger partial charge on any atom is -0.371 e. The zero-order chi connectivity index (χ0) is 15.4. The van der Waals surface area contributed by atoms with E-state index in [9.17, 15) is 4.79 Å². The van der Waals surface area contributed by atoms with E-state index in [1.54, 1.807) is 12.4 Å². The molecule has 116 valence electrons. The monoisotopic (exact) mass is 300 g/mol. The molecule has 0 aliphatic carbocycles. The minimum absolute atomic E-state index is 0.00122. The number of carbonyl (C=O) groups is 1. The van der Waals surface area contributed by atoms with Gasteiger partial charge in [0.15, 0.2) is 0 Å². The lowest BCUT2D eigenvalue weighted by Crippen LogP contribution is -2.37. The number of carbonyl (C=O) groups excluding carboxylic acids is 1. The van der Waals surface area contributed by atoms with Crippen LogP contribution in [0.25, 0.3) is 0 Å². The van der Waals surface area contributed by atoms with E-state index in [0.29, 0.717) is 13.0 Å². The Morgan fingerprint density at radius 1 is 1.50 bits per heavy atom. The number of hydrogen-bond donors (Lipinski definition) is 1. The van der Waals surface area contributed by atoms with Gasteiger partial charge < -0.3 is 10.1 Å². The number of nitrogens with zero attached hydrogens (tertiary/aromatic N) is 3. The number of aryl methyl sites for hydroxylation is 1. The van der Waals surface area contributed by atoms with Crippen molar-refractivity contribution in [3.63, 3.8) is 0 Å². The van der Waals surface area contributed by atoms with E-state index in [1.165, 1.54) is 0 Å². The normalized spacial score (nSPS) is 21.0. The van der Waals surface area contributed by atoms with Crippen LogP contribution in [-0.4, -0.2) is 33.3 Å². The SMILES string of the molecule is CCn1cc([C@H]2OCC[C@@H]2NC(=O)Cc2cccnc2)cn1.